The van der Waals surface area contributed by atoms with Gasteiger partial charge in [-0.05, 0) is 58.2 Å². The van der Waals surface area contributed by atoms with Crippen LogP contribution in [0, 0.1) is 10.1 Å². The van der Waals surface area contributed by atoms with Crippen molar-refractivity contribution in [2.24, 2.45) is 0 Å². The fourth-order valence-electron chi connectivity index (χ4n) is 3.08. The molecule has 31 heavy (non-hydrogen) atoms. The molecule has 0 spiro atoms. The van der Waals surface area contributed by atoms with Crippen LogP contribution in [0.1, 0.15) is 18.2 Å². The summed E-state index contributed by atoms with van der Waals surface area (Å²) in [5, 5.41) is 17.1. The van der Waals surface area contributed by atoms with Gasteiger partial charge in [-0.15, -0.1) is 0 Å². The topological polar surface area (TPSA) is 97.4 Å². The van der Waals surface area contributed by atoms with Crippen LogP contribution in [0.3, 0.4) is 0 Å². The molecule has 2 heterocycles. The van der Waals surface area contributed by atoms with Gasteiger partial charge in [-0.25, -0.2) is 0 Å². The molecule has 0 bridgehead atoms. The molecule has 2 N–H and O–H groups in total. The van der Waals surface area contributed by atoms with Crippen LogP contribution in [0.4, 0.5) is 11.4 Å². The first kappa shape index (κ1) is 21.2. The number of nitro benzene ring substituents is 1. The molecule has 1 atom stereocenters. The van der Waals surface area contributed by atoms with Crippen LogP contribution < -0.4 is 10.6 Å². The predicted molar refractivity (Wildman–Crippen MR) is 125 cm³/mol. The van der Waals surface area contributed by atoms with Crippen LogP contribution in [0.15, 0.2) is 68.4 Å². The third-order valence-electron chi connectivity index (χ3n) is 4.72. The Kier molecular flexibility index (Phi) is 6.15. The molecule has 0 unspecified atom stereocenters. The molecule has 4 rings (SSSR count). The highest BCUT2D eigenvalue weighted by atomic mass is 79.9. The van der Waals surface area contributed by atoms with Crippen LogP contribution in [0.25, 0.3) is 17.4 Å². The van der Waals surface area contributed by atoms with E-state index in [-0.39, 0.29) is 17.1 Å². The molecule has 1 aromatic heterocycles. The fraction of sp³-hybridized carbons (Fsp3) is 0.136. The van der Waals surface area contributed by atoms with Crippen LogP contribution >= 0.6 is 27.7 Å². The molecule has 1 aliphatic heterocycles. The molecule has 0 radical (unpaired) electrons. The van der Waals surface area contributed by atoms with Gasteiger partial charge in [-0.2, -0.15) is 0 Å². The van der Waals surface area contributed by atoms with E-state index in [9.17, 15) is 14.9 Å². The van der Waals surface area contributed by atoms with Crippen LogP contribution in [-0.4, -0.2) is 16.3 Å². The first-order valence-corrected chi connectivity index (χ1v) is 11.2. The number of furan rings is 1. The van der Waals surface area contributed by atoms with Crippen LogP contribution in [0.5, 0.6) is 0 Å². The summed E-state index contributed by atoms with van der Waals surface area (Å²) in [5.41, 5.74) is 2.59. The molecule has 1 saturated heterocycles. The Morgan fingerprint density at radius 2 is 2.00 bits per heavy atom. The number of nitrogens with zero attached hydrogens (tertiary/aromatic N) is 1. The second kappa shape index (κ2) is 8.99. The predicted octanol–water partition coefficient (Wildman–Crippen LogP) is 5.78. The fourth-order valence-corrected chi connectivity index (χ4v) is 4.60. The molecule has 0 saturated carbocycles. The summed E-state index contributed by atoms with van der Waals surface area (Å²) in [6.07, 6.45) is 2.66. The summed E-state index contributed by atoms with van der Waals surface area (Å²) >= 11 is 4.73. The van der Waals surface area contributed by atoms with Crippen molar-refractivity contribution < 1.29 is 14.1 Å². The standard InChI is InChI=1S/C22H18BrN3O4S/c1-2-13-3-5-14(6-4-13)24-22-25-21(27)20(31-22)12-16-8-10-19(30-16)17-9-7-15(26(28)29)11-18(17)23/h3-12,22,24H,2H2,1H3,(H,25,27)/b20-12+/t22-/m0/s1. The maximum atomic E-state index is 12.4. The van der Waals surface area contributed by atoms with Gasteiger partial charge in [0, 0.05) is 33.9 Å². The molecule has 1 fully saturated rings. The Bertz CT molecular complexity index is 1170. The van der Waals surface area contributed by atoms with E-state index in [0.717, 1.165) is 12.1 Å². The average molecular weight is 500 g/mol. The summed E-state index contributed by atoms with van der Waals surface area (Å²) in [5.74, 6) is 0.885. The summed E-state index contributed by atoms with van der Waals surface area (Å²) in [6.45, 7) is 2.10. The average Bonchev–Trinajstić information content (AvgIpc) is 3.35. The molecule has 0 aliphatic carbocycles. The van der Waals surface area contributed by atoms with Gasteiger partial charge in [-0.1, -0.05) is 30.8 Å². The number of anilines is 1. The van der Waals surface area contributed by atoms with Crippen molar-refractivity contribution in [1.29, 1.82) is 0 Å². The number of nitro groups is 1. The number of rotatable bonds is 6. The molecule has 1 amide bonds. The number of non-ortho nitro benzene ring substituents is 1. The van der Waals surface area contributed by atoms with Crippen LogP contribution in [0.2, 0.25) is 0 Å². The lowest BCUT2D eigenvalue weighted by Crippen LogP contribution is -2.30. The van der Waals surface area contributed by atoms with Crippen molar-refractivity contribution in [3.8, 4) is 11.3 Å². The molecule has 1 aliphatic rings. The second-order valence-electron chi connectivity index (χ2n) is 6.80. The quantitative estimate of drug-likeness (QED) is 0.253. The maximum absolute atomic E-state index is 12.4. The molecular formula is C22H18BrN3O4S. The number of aryl methyl sites for hydroxylation is 1. The number of nitrogens with one attached hydrogen (secondary N) is 2. The number of hydrogen-bond acceptors (Lipinski definition) is 6. The largest absolute Gasteiger partial charge is 0.457 e. The summed E-state index contributed by atoms with van der Waals surface area (Å²) in [7, 11) is 0. The van der Waals surface area contributed by atoms with Gasteiger partial charge in [0.1, 0.15) is 11.5 Å². The minimum Gasteiger partial charge on any atom is -0.457 e. The zero-order valence-corrected chi connectivity index (χ0v) is 18.8. The second-order valence-corrected chi connectivity index (χ2v) is 8.80. The molecule has 3 aromatic rings. The molecule has 158 valence electrons. The Labute approximate surface area is 191 Å². The van der Waals surface area contributed by atoms with Crippen LogP contribution in [-0.2, 0) is 11.2 Å². The van der Waals surface area contributed by atoms with Gasteiger partial charge in [0.05, 0.1) is 9.83 Å². The van der Waals surface area contributed by atoms with E-state index in [1.807, 2.05) is 12.1 Å². The lowest BCUT2D eigenvalue weighted by molar-refractivity contribution is -0.384. The van der Waals surface area contributed by atoms with E-state index in [2.05, 4.69) is 45.6 Å². The number of carbonyl (C=O) groups is 1. The zero-order chi connectivity index (χ0) is 22.0. The third-order valence-corrected chi connectivity index (χ3v) is 6.40. The minimum absolute atomic E-state index is 0.00794. The summed E-state index contributed by atoms with van der Waals surface area (Å²) in [4.78, 5) is 23.3. The van der Waals surface area contributed by atoms with Gasteiger partial charge in [0.15, 0.2) is 5.50 Å². The first-order valence-electron chi connectivity index (χ1n) is 9.52. The van der Waals surface area contributed by atoms with E-state index in [1.54, 1.807) is 24.3 Å². The number of thioether (sulfide) groups is 1. The Hall–Kier alpha value is -3.04. The number of amides is 1. The number of hydrogen-bond donors (Lipinski definition) is 2. The highest BCUT2D eigenvalue weighted by molar-refractivity contribution is 9.10. The highest BCUT2D eigenvalue weighted by Gasteiger charge is 2.27. The zero-order valence-electron chi connectivity index (χ0n) is 16.4. The highest BCUT2D eigenvalue weighted by Crippen LogP contribution is 2.35. The smallest absolute Gasteiger partial charge is 0.270 e. The normalized spacial score (nSPS) is 17.0. The lowest BCUT2D eigenvalue weighted by Gasteiger charge is -2.12. The first-order chi connectivity index (χ1) is 14.9. The molecule has 2 aromatic carbocycles. The van der Waals surface area contributed by atoms with Gasteiger partial charge in [0.2, 0.25) is 0 Å². The summed E-state index contributed by atoms with van der Waals surface area (Å²) in [6, 6.07) is 16.1. The molecule has 7 nitrogen and oxygen atoms in total. The van der Waals surface area contributed by atoms with E-state index in [1.165, 1.54) is 29.5 Å². The number of halogens is 1. The monoisotopic (exact) mass is 499 g/mol. The number of carbonyl (C=O) groups excluding carboxylic acids is 1. The van der Waals surface area contributed by atoms with Gasteiger partial charge in [0.25, 0.3) is 11.6 Å². The van der Waals surface area contributed by atoms with Crippen molar-refractivity contribution in [3.63, 3.8) is 0 Å². The SMILES string of the molecule is CCc1ccc(N[C@H]2NC(=O)/C(=C\c3ccc(-c4ccc([N+](=O)[O-])cc4Br)o3)S2)cc1. The van der Waals surface area contributed by atoms with Crippen molar-refractivity contribution in [1.82, 2.24) is 5.32 Å². The Balaban J connectivity index is 1.47. The van der Waals surface area contributed by atoms with Crippen molar-refractivity contribution >= 4 is 51.0 Å². The Morgan fingerprint density at radius 3 is 2.68 bits per heavy atom. The minimum atomic E-state index is -0.453. The number of benzene rings is 2. The van der Waals surface area contributed by atoms with Gasteiger partial charge in [-0.3, -0.25) is 14.9 Å². The van der Waals surface area contributed by atoms with Crippen molar-refractivity contribution in [3.05, 3.63) is 85.4 Å². The maximum Gasteiger partial charge on any atom is 0.270 e. The van der Waals surface area contributed by atoms with E-state index in [4.69, 9.17) is 4.42 Å². The van der Waals surface area contributed by atoms with E-state index in [0.29, 0.717) is 26.5 Å². The van der Waals surface area contributed by atoms with Gasteiger partial charge < -0.3 is 15.1 Å². The molecule has 9 heteroatoms. The van der Waals surface area contributed by atoms with Crippen molar-refractivity contribution in [2.75, 3.05) is 5.32 Å². The van der Waals surface area contributed by atoms with E-state index >= 15 is 0 Å². The van der Waals surface area contributed by atoms with E-state index < -0.39 is 4.92 Å². The van der Waals surface area contributed by atoms with Gasteiger partial charge >= 0.3 is 0 Å². The Morgan fingerprint density at radius 1 is 1.23 bits per heavy atom. The summed E-state index contributed by atoms with van der Waals surface area (Å²) < 4.78 is 6.41. The molecular weight excluding hydrogens is 482 g/mol. The van der Waals surface area contributed by atoms with Crippen molar-refractivity contribution in [2.45, 2.75) is 18.8 Å². The lowest BCUT2D eigenvalue weighted by atomic mass is 10.1. The third kappa shape index (κ3) is 4.83.